The van der Waals surface area contributed by atoms with Crippen LogP contribution < -0.4 is 5.32 Å². The minimum Gasteiger partial charge on any atom is -0.447 e. The number of methoxy groups -OCH3 is 1. The van der Waals surface area contributed by atoms with Gasteiger partial charge in [0.15, 0.2) is 5.69 Å². The number of benzene rings is 3. The molecule has 2 amide bonds. The molecule has 1 aromatic heterocycles. The number of anilines is 1. The quantitative estimate of drug-likeness (QED) is 0.232. The van der Waals surface area contributed by atoms with Crippen LogP contribution in [0.1, 0.15) is 47.8 Å². The first-order chi connectivity index (χ1) is 22.9. The summed E-state index contributed by atoms with van der Waals surface area (Å²) in [4.78, 5) is 36.2. The number of hydrogen-bond donors (Lipinski definition) is 2. The third kappa shape index (κ3) is 7.56. The molecule has 3 atom stereocenters. The molecule has 3 aromatic carbocycles. The molecule has 1 aliphatic heterocycles. The third-order valence-electron chi connectivity index (χ3n) is 9.23. The molecule has 2 N–H and O–H groups in total. The Balaban J connectivity index is 1.29. The molecule has 0 bridgehead atoms. The van der Waals surface area contributed by atoms with Gasteiger partial charge in [0.1, 0.15) is 12.2 Å². The molecule has 0 radical (unpaired) electrons. The van der Waals surface area contributed by atoms with Crippen molar-refractivity contribution in [1.29, 1.82) is 0 Å². The van der Waals surface area contributed by atoms with Gasteiger partial charge in [0, 0.05) is 44.5 Å². The Bertz CT molecular complexity index is 1610. The van der Waals surface area contributed by atoms with Gasteiger partial charge >= 0.3 is 6.09 Å². The predicted molar refractivity (Wildman–Crippen MR) is 180 cm³/mol. The van der Waals surface area contributed by atoms with Gasteiger partial charge in [-0.2, -0.15) is 0 Å². The van der Waals surface area contributed by atoms with Crippen molar-refractivity contribution in [3.63, 3.8) is 0 Å². The number of carbonyl (C=O) groups is 2. The lowest BCUT2D eigenvalue weighted by Crippen LogP contribution is -2.57. The zero-order valence-electron chi connectivity index (χ0n) is 26.8. The summed E-state index contributed by atoms with van der Waals surface area (Å²) in [6, 6.07) is 28.4. The molecule has 1 aliphatic carbocycles. The average molecular weight is 638 g/mol. The van der Waals surface area contributed by atoms with E-state index in [2.05, 4.69) is 22.3 Å². The lowest BCUT2D eigenvalue weighted by Gasteiger charge is -2.41. The molecule has 1 saturated carbocycles. The van der Waals surface area contributed by atoms with Gasteiger partial charge in [0.25, 0.3) is 5.91 Å². The van der Waals surface area contributed by atoms with Gasteiger partial charge < -0.3 is 24.0 Å². The van der Waals surface area contributed by atoms with Crippen molar-refractivity contribution >= 4 is 17.7 Å². The van der Waals surface area contributed by atoms with E-state index in [9.17, 15) is 14.7 Å². The van der Waals surface area contributed by atoms with E-state index in [0.29, 0.717) is 43.1 Å². The van der Waals surface area contributed by atoms with Crippen LogP contribution in [-0.2, 0) is 16.0 Å². The van der Waals surface area contributed by atoms with Gasteiger partial charge in [0.2, 0.25) is 0 Å². The van der Waals surface area contributed by atoms with E-state index in [-0.39, 0.29) is 25.2 Å². The summed E-state index contributed by atoms with van der Waals surface area (Å²) in [5.41, 5.74) is 2.56. The number of carbonyl (C=O) groups excluding carboxylic acids is 2. The SMILES string of the molecule is COC[C@]1(O)CCCC[C@H]1n1cnc(C(=O)N2CCN(Cc3ccccc3)C[C@H]2COC(=O)Nc2ccccc2)c1-c1ccccc1. The zero-order valence-corrected chi connectivity index (χ0v) is 26.8. The van der Waals surface area contributed by atoms with Crippen molar-refractivity contribution in [2.75, 3.05) is 45.3 Å². The number of imidazole rings is 1. The summed E-state index contributed by atoms with van der Waals surface area (Å²) >= 11 is 0. The molecule has 4 aromatic rings. The van der Waals surface area contributed by atoms with Crippen LogP contribution >= 0.6 is 0 Å². The van der Waals surface area contributed by atoms with Crippen LogP contribution in [0.15, 0.2) is 97.3 Å². The summed E-state index contributed by atoms with van der Waals surface area (Å²) < 4.78 is 13.2. The van der Waals surface area contributed by atoms with E-state index < -0.39 is 17.7 Å². The smallest absolute Gasteiger partial charge is 0.411 e. The average Bonchev–Trinajstić information content (AvgIpc) is 3.53. The highest BCUT2D eigenvalue weighted by Crippen LogP contribution is 2.41. The normalized spacial score (nSPS) is 21.7. The monoisotopic (exact) mass is 637 g/mol. The number of amides is 2. The zero-order chi connectivity index (χ0) is 32.6. The molecule has 10 heteroatoms. The van der Waals surface area contributed by atoms with Gasteiger partial charge in [-0.15, -0.1) is 0 Å². The molecule has 0 unspecified atom stereocenters. The van der Waals surface area contributed by atoms with Gasteiger partial charge in [-0.05, 0) is 30.5 Å². The Labute approximate surface area is 275 Å². The molecular formula is C37H43N5O5. The summed E-state index contributed by atoms with van der Waals surface area (Å²) in [5, 5.41) is 14.5. The Kier molecular flexibility index (Phi) is 10.3. The van der Waals surface area contributed by atoms with Crippen molar-refractivity contribution in [3.05, 3.63) is 109 Å². The molecule has 10 nitrogen and oxygen atoms in total. The second-order valence-corrected chi connectivity index (χ2v) is 12.5. The fourth-order valence-corrected chi connectivity index (χ4v) is 6.95. The summed E-state index contributed by atoms with van der Waals surface area (Å²) in [6.45, 7) is 2.56. The number of aliphatic hydroxyl groups is 1. The van der Waals surface area contributed by atoms with Crippen molar-refractivity contribution in [2.24, 2.45) is 0 Å². The fraction of sp³-hybridized carbons (Fsp3) is 0.378. The maximum absolute atomic E-state index is 14.6. The van der Waals surface area contributed by atoms with Crippen molar-refractivity contribution in [1.82, 2.24) is 19.4 Å². The van der Waals surface area contributed by atoms with E-state index in [1.807, 2.05) is 71.3 Å². The molecule has 47 heavy (non-hydrogen) atoms. The van der Waals surface area contributed by atoms with E-state index in [1.165, 1.54) is 5.56 Å². The second kappa shape index (κ2) is 14.9. The maximum Gasteiger partial charge on any atom is 0.411 e. The fourth-order valence-electron chi connectivity index (χ4n) is 6.95. The van der Waals surface area contributed by atoms with Crippen LogP contribution in [0.5, 0.6) is 0 Å². The minimum atomic E-state index is -1.08. The molecule has 6 rings (SSSR count). The van der Waals surface area contributed by atoms with Crippen molar-refractivity contribution in [2.45, 2.75) is 49.9 Å². The number of nitrogens with zero attached hydrogens (tertiary/aromatic N) is 4. The van der Waals surface area contributed by atoms with Gasteiger partial charge in [0.05, 0.1) is 30.7 Å². The molecule has 2 heterocycles. The summed E-state index contributed by atoms with van der Waals surface area (Å²) in [5.74, 6) is -0.231. The second-order valence-electron chi connectivity index (χ2n) is 12.5. The Hall–Kier alpha value is -4.51. The van der Waals surface area contributed by atoms with Crippen LogP contribution in [0, 0.1) is 0 Å². The summed E-state index contributed by atoms with van der Waals surface area (Å²) in [6.07, 6.45) is 4.33. The Morgan fingerprint density at radius 3 is 2.38 bits per heavy atom. The largest absolute Gasteiger partial charge is 0.447 e. The van der Waals surface area contributed by atoms with Gasteiger partial charge in [-0.25, -0.2) is 9.78 Å². The van der Waals surface area contributed by atoms with E-state index in [1.54, 1.807) is 30.5 Å². The predicted octanol–water partition coefficient (Wildman–Crippen LogP) is 5.62. The Morgan fingerprint density at radius 1 is 0.957 bits per heavy atom. The molecular weight excluding hydrogens is 594 g/mol. The highest BCUT2D eigenvalue weighted by Gasteiger charge is 2.42. The Morgan fingerprint density at radius 2 is 1.66 bits per heavy atom. The van der Waals surface area contributed by atoms with Crippen molar-refractivity contribution < 1.29 is 24.2 Å². The van der Waals surface area contributed by atoms with Crippen LogP contribution in [0.25, 0.3) is 11.3 Å². The maximum atomic E-state index is 14.6. The standard InChI is InChI=1S/C37H43N5O5/c1-46-26-37(45)20-12-11-19-32(37)42-27-38-33(34(42)29-15-7-3-8-16-29)35(43)41-22-21-40(23-28-13-5-2-6-14-28)24-31(41)25-47-36(44)39-30-17-9-4-10-18-30/h2-10,13-18,27,31-32,45H,11-12,19-26H2,1H3,(H,39,44)/t31-,32+,37+/m0/s1. The topological polar surface area (TPSA) is 109 Å². The highest BCUT2D eigenvalue weighted by atomic mass is 16.5. The van der Waals surface area contributed by atoms with Crippen molar-refractivity contribution in [3.8, 4) is 11.3 Å². The lowest BCUT2D eigenvalue weighted by atomic mass is 9.80. The van der Waals surface area contributed by atoms with Crippen LogP contribution in [0.3, 0.4) is 0 Å². The number of aromatic nitrogens is 2. The van der Waals surface area contributed by atoms with E-state index in [4.69, 9.17) is 14.5 Å². The minimum absolute atomic E-state index is 0.0211. The van der Waals surface area contributed by atoms with Crippen LogP contribution in [-0.4, -0.2) is 88.1 Å². The summed E-state index contributed by atoms with van der Waals surface area (Å²) in [7, 11) is 1.60. The first-order valence-corrected chi connectivity index (χ1v) is 16.3. The number of rotatable bonds is 10. The molecule has 246 valence electrons. The van der Waals surface area contributed by atoms with E-state index >= 15 is 0 Å². The first kappa shape index (κ1) is 32.4. The molecule has 2 fully saturated rings. The van der Waals surface area contributed by atoms with Crippen LogP contribution in [0.4, 0.5) is 10.5 Å². The van der Waals surface area contributed by atoms with E-state index in [0.717, 1.165) is 31.4 Å². The molecule has 1 saturated heterocycles. The number of piperazine rings is 1. The van der Waals surface area contributed by atoms with Gasteiger partial charge in [-0.1, -0.05) is 91.7 Å². The molecule has 2 aliphatic rings. The number of hydrogen-bond acceptors (Lipinski definition) is 7. The third-order valence-corrected chi connectivity index (χ3v) is 9.23. The molecule has 0 spiro atoms. The highest BCUT2D eigenvalue weighted by molar-refractivity contribution is 5.98. The first-order valence-electron chi connectivity index (χ1n) is 16.3. The number of ether oxygens (including phenoxy) is 2. The lowest BCUT2D eigenvalue weighted by molar-refractivity contribution is -0.0893. The van der Waals surface area contributed by atoms with Crippen LogP contribution in [0.2, 0.25) is 0 Å². The van der Waals surface area contributed by atoms with Gasteiger partial charge in [-0.3, -0.25) is 15.0 Å². The number of para-hydroxylation sites is 1. The number of nitrogens with one attached hydrogen (secondary N) is 1.